The molecule has 0 atom stereocenters. The molecule has 5 nitrogen and oxygen atoms in total. The van der Waals surface area contributed by atoms with Crippen LogP contribution in [-0.4, -0.2) is 47.4 Å². The maximum absolute atomic E-state index is 5.18. The van der Waals surface area contributed by atoms with Gasteiger partial charge in [0.2, 0.25) is 0 Å². The number of pyridine rings is 1. The zero-order chi connectivity index (χ0) is 19.1. The molecule has 0 aromatic carbocycles. The molecular weight excluding hydrogens is 386 g/mol. The zero-order valence-corrected chi connectivity index (χ0v) is 18.3. The maximum atomic E-state index is 5.18. The van der Waals surface area contributed by atoms with Crippen molar-refractivity contribution in [2.75, 3.05) is 37.3 Å². The molecule has 0 spiro atoms. The van der Waals surface area contributed by atoms with E-state index in [1.165, 1.54) is 63.8 Å². The van der Waals surface area contributed by atoms with Gasteiger partial charge in [0.15, 0.2) is 11.0 Å². The number of fused-ring (bicyclic) bond motifs is 5. The number of hydrogen-bond acceptors (Lipinski definition) is 7. The number of piperazine rings is 1. The van der Waals surface area contributed by atoms with Gasteiger partial charge in [0.1, 0.15) is 4.83 Å². The molecule has 0 saturated carbocycles. The second-order valence-electron chi connectivity index (χ2n) is 7.70. The Bertz CT molecular complexity index is 1020. The van der Waals surface area contributed by atoms with E-state index in [1.54, 1.807) is 11.8 Å². The molecule has 0 bridgehead atoms. The number of aromatic nitrogens is 3. The van der Waals surface area contributed by atoms with Crippen molar-refractivity contribution in [1.82, 2.24) is 20.3 Å². The van der Waals surface area contributed by atoms with E-state index in [0.29, 0.717) is 0 Å². The van der Waals surface area contributed by atoms with Gasteiger partial charge in [0.25, 0.3) is 0 Å². The highest BCUT2D eigenvalue weighted by atomic mass is 32.2. The van der Waals surface area contributed by atoms with Crippen molar-refractivity contribution in [3.05, 3.63) is 16.8 Å². The average molecular weight is 414 g/mol. The highest BCUT2D eigenvalue weighted by Gasteiger charge is 2.26. The second kappa shape index (κ2) is 7.76. The smallest absolute Gasteiger partial charge is 0.189 e. The van der Waals surface area contributed by atoms with Crippen LogP contribution in [0.4, 0.5) is 5.82 Å². The lowest BCUT2D eigenvalue weighted by atomic mass is 10.0. The van der Waals surface area contributed by atoms with Gasteiger partial charge >= 0.3 is 0 Å². The van der Waals surface area contributed by atoms with Crippen LogP contribution in [0.2, 0.25) is 0 Å². The standard InChI is InChI=1S/C21H27N5S2/c1-3-4-8-15-13-6-5-7-14(13)16-17-18(28-20(16)23-15)19(25-21(24-17)27-2)26-11-9-22-10-12-26/h22H,3-12H2,1-2H3. The molecule has 1 fully saturated rings. The predicted octanol–water partition coefficient (Wildman–Crippen LogP) is 4.20. The van der Waals surface area contributed by atoms with Crippen LogP contribution in [0.3, 0.4) is 0 Å². The van der Waals surface area contributed by atoms with Crippen LogP contribution in [-0.2, 0) is 19.3 Å². The van der Waals surface area contributed by atoms with Crippen molar-refractivity contribution in [2.24, 2.45) is 0 Å². The van der Waals surface area contributed by atoms with E-state index >= 15 is 0 Å². The lowest BCUT2D eigenvalue weighted by Gasteiger charge is -2.28. The van der Waals surface area contributed by atoms with Crippen LogP contribution in [0.25, 0.3) is 20.4 Å². The fraction of sp³-hybridized carbons (Fsp3) is 0.571. The predicted molar refractivity (Wildman–Crippen MR) is 120 cm³/mol. The first-order valence-corrected chi connectivity index (χ1v) is 12.5. The van der Waals surface area contributed by atoms with E-state index in [9.17, 15) is 0 Å². The molecule has 1 saturated heterocycles. The van der Waals surface area contributed by atoms with Crippen molar-refractivity contribution < 1.29 is 0 Å². The summed E-state index contributed by atoms with van der Waals surface area (Å²) in [4.78, 5) is 18.7. The molecule has 3 aromatic rings. The van der Waals surface area contributed by atoms with Crippen molar-refractivity contribution in [3.63, 3.8) is 0 Å². The number of rotatable bonds is 5. The molecule has 2 aliphatic rings. The maximum Gasteiger partial charge on any atom is 0.189 e. The molecule has 148 valence electrons. The molecular formula is C21H27N5S2. The molecule has 4 heterocycles. The van der Waals surface area contributed by atoms with Crippen LogP contribution >= 0.6 is 23.1 Å². The number of anilines is 1. The van der Waals surface area contributed by atoms with Gasteiger partial charge in [-0.25, -0.2) is 15.0 Å². The van der Waals surface area contributed by atoms with Gasteiger partial charge in [0.05, 0.1) is 10.2 Å². The van der Waals surface area contributed by atoms with Gasteiger partial charge in [-0.15, -0.1) is 11.3 Å². The van der Waals surface area contributed by atoms with Gasteiger partial charge in [0, 0.05) is 37.3 Å². The molecule has 1 N–H and O–H groups in total. The monoisotopic (exact) mass is 413 g/mol. The first-order chi connectivity index (χ1) is 13.8. The fourth-order valence-corrected chi connectivity index (χ4v) is 6.09. The minimum Gasteiger partial charge on any atom is -0.353 e. The average Bonchev–Trinajstić information content (AvgIpc) is 3.36. The number of nitrogens with one attached hydrogen (secondary N) is 1. The highest BCUT2D eigenvalue weighted by molar-refractivity contribution is 7.98. The van der Waals surface area contributed by atoms with Crippen LogP contribution in [0, 0.1) is 0 Å². The minimum absolute atomic E-state index is 0.877. The van der Waals surface area contributed by atoms with Gasteiger partial charge in [-0.3, -0.25) is 0 Å². The largest absolute Gasteiger partial charge is 0.353 e. The van der Waals surface area contributed by atoms with Gasteiger partial charge in [-0.1, -0.05) is 25.1 Å². The number of hydrogen-bond donors (Lipinski definition) is 1. The van der Waals surface area contributed by atoms with Gasteiger partial charge in [-0.2, -0.15) is 0 Å². The molecule has 5 rings (SSSR count). The fourth-order valence-electron chi connectivity index (χ4n) is 4.54. The topological polar surface area (TPSA) is 53.9 Å². The molecule has 0 unspecified atom stereocenters. The molecule has 7 heteroatoms. The van der Waals surface area contributed by atoms with Crippen LogP contribution in [0.15, 0.2) is 5.16 Å². The summed E-state index contributed by atoms with van der Waals surface area (Å²) in [6.07, 6.45) is 9.21. The summed E-state index contributed by atoms with van der Waals surface area (Å²) in [7, 11) is 0. The Balaban J connectivity index is 1.75. The summed E-state index contributed by atoms with van der Waals surface area (Å²) in [6, 6.07) is 0. The summed E-state index contributed by atoms with van der Waals surface area (Å²) in [5.41, 5.74) is 5.53. The van der Waals surface area contributed by atoms with Crippen molar-refractivity contribution in [1.29, 1.82) is 0 Å². The quantitative estimate of drug-likeness (QED) is 0.500. The van der Waals surface area contributed by atoms with Crippen molar-refractivity contribution in [2.45, 2.75) is 50.6 Å². The third kappa shape index (κ3) is 3.08. The molecule has 1 aliphatic heterocycles. The Morgan fingerprint density at radius 2 is 1.93 bits per heavy atom. The Hall–Kier alpha value is -1.44. The number of thioether (sulfide) groups is 1. The number of thiophene rings is 1. The molecule has 0 radical (unpaired) electrons. The van der Waals surface area contributed by atoms with Crippen molar-refractivity contribution in [3.8, 4) is 0 Å². The minimum atomic E-state index is 0.877. The summed E-state index contributed by atoms with van der Waals surface area (Å²) in [5, 5.41) is 5.65. The summed E-state index contributed by atoms with van der Waals surface area (Å²) in [6.45, 7) is 6.29. The Morgan fingerprint density at radius 3 is 2.71 bits per heavy atom. The van der Waals surface area contributed by atoms with E-state index < -0.39 is 0 Å². The first-order valence-electron chi connectivity index (χ1n) is 10.4. The van der Waals surface area contributed by atoms with E-state index in [1.807, 2.05) is 11.3 Å². The van der Waals surface area contributed by atoms with Crippen LogP contribution < -0.4 is 10.2 Å². The number of aryl methyl sites for hydroxylation is 2. The summed E-state index contributed by atoms with van der Waals surface area (Å²) in [5.74, 6) is 1.11. The first kappa shape index (κ1) is 18.6. The molecule has 0 amide bonds. The van der Waals surface area contributed by atoms with Gasteiger partial charge in [-0.05, 0) is 49.5 Å². The van der Waals surface area contributed by atoms with E-state index in [-0.39, 0.29) is 0 Å². The Morgan fingerprint density at radius 1 is 1.11 bits per heavy atom. The van der Waals surface area contributed by atoms with Crippen LogP contribution in [0.1, 0.15) is 43.0 Å². The number of unbranched alkanes of at least 4 members (excludes halogenated alkanes) is 1. The van der Waals surface area contributed by atoms with E-state index in [0.717, 1.165) is 49.1 Å². The normalized spacial score (nSPS) is 17.0. The third-order valence-electron chi connectivity index (χ3n) is 5.95. The number of nitrogens with zero attached hydrogens (tertiary/aromatic N) is 4. The second-order valence-corrected chi connectivity index (χ2v) is 9.48. The zero-order valence-electron chi connectivity index (χ0n) is 16.7. The lowest BCUT2D eigenvalue weighted by molar-refractivity contribution is 0.584. The van der Waals surface area contributed by atoms with E-state index in [4.69, 9.17) is 15.0 Å². The lowest BCUT2D eigenvalue weighted by Crippen LogP contribution is -2.44. The Labute approximate surface area is 174 Å². The van der Waals surface area contributed by atoms with Gasteiger partial charge < -0.3 is 10.2 Å². The third-order valence-corrected chi connectivity index (χ3v) is 7.56. The molecule has 1 aliphatic carbocycles. The van der Waals surface area contributed by atoms with Crippen LogP contribution in [0.5, 0.6) is 0 Å². The van der Waals surface area contributed by atoms with Crippen molar-refractivity contribution >= 4 is 49.3 Å². The molecule has 28 heavy (non-hydrogen) atoms. The SMILES string of the molecule is CCCCc1nc2sc3c(N4CCNCC4)nc(SC)nc3c2c2c1CCC2. The Kier molecular flexibility index (Phi) is 5.15. The summed E-state index contributed by atoms with van der Waals surface area (Å²) < 4.78 is 1.23. The highest BCUT2D eigenvalue weighted by Crippen LogP contribution is 2.43. The van der Waals surface area contributed by atoms with E-state index in [2.05, 4.69) is 23.4 Å². The molecule has 3 aromatic heterocycles. The summed E-state index contributed by atoms with van der Waals surface area (Å²) >= 11 is 3.45.